The number of ether oxygens (including phenoxy) is 2. The van der Waals surface area contributed by atoms with Crippen LogP contribution < -0.4 is 16.0 Å². The molecule has 2 amide bonds. The number of amides is 2. The molecule has 5 N–H and O–H groups in total. The highest BCUT2D eigenvalue weighted by Crippen LogP contribution is 2.30. The highest BCUT2D eigenvalue weighted by atomic mass is 16.5. The number of hydrogen-bond acceptors (Lipinski definition) is 7. The fraction of sp³-hybridized carbons (Fsp3) is 0.250. The summed E-state index contributed by atoms with van der Waals surface area (Å²) in [5.41, 5.74) is 4.99. The molecule has 0 saturated carbocycles. The minimum absolute atomic E-state index is 0.0253. The van der Waals surface area contributed by atoms with Crippen LogP contribution in [0.2, 0.25) is 0 Å². The molecule has 1 aliphatic rings. The summed E-state index contributed by atoms with van der Waals surface area (Å²) in [6.45, 7) is 1.10. The summed E-state index contributed by atoms with van der Waals surface area (Å²) in [5, 5.41) is 19.2. The van der Waals surface area contributed by atoms with Crippen LogP contribution in [0.5, 0.6) is 5.75 Å². The van der Waals surface area contributed by atoms with Gasteiger partial charge in [0.25, 0.3) is 0 Å². The number of anilines is 1. The molecule has 0 radical (unpaired) electrons. The van der Waals surface area contributed by atoms with Crippen molar-refractivity contribution in [2.75, 3.05) is 25.6 Å². The lowest BCUT2D eigenvalue weighted by Crippen LogP contribution is -2.48. The molecule has 5 aromatic rings. The van der Waals surface area contributed by atoms with E-state index >= 15 is 0 Å². The maximum Gasteiger partial charge on any atom is 0.407 e. The number of para-hydroxylation sites is 1. The number of hydrogen-bond donors (Lipinski definition) is 5. The maximum absolute atomic E-state index is 14.0. The Labute approximate surface area is 267 Å². The second-order valence-corrected chi connectivity index (χ2v) is 11.3. The Hall–Kier alpha value is -5.19. The molecule has 3 atom stereocenters. The molecule has 1 saturated heterocycles. The molecule has 2 heterocycles. The van der Waals surface area contributed by atoms with Gasteiger partial charge in [0.1, 0.15) is 17.6 Å². The number of carbonyl (C=O) groups is 2. The van der Waals surface area contributed by atoms with Crippen molar-refractivity contribution in [3.05, 3.63) is 126 Å². The SMILES string of the molecule is COC(=O)NC(C(=O)Nc1ccccc1CC[C@@H]1CN[C@H](c2nc3ccc(O)cc3[nH]2)CO1)C(c1ccccc1)c1ccccc1. The van der Waals surface area contributed by atoms with E-state index in [-0.39, 0.29) is 23.8 Å². The van der Waals surface area contributed by atoms with Crippen LogP contribution >= 0.6 is 0 Å². The third-order valence-electron chi connectivity index (χ3n) is 8.31. The molecule has 0 spiro atoms. The van der Waals surface area contributed by atoms with Gasteiger partial charge in [0.2, 0.25) is 5.91 Å². The molecular weight excluding hydrogens is 582 g/mol. The quantitative estimate of drug-likeness (QED) is 0.141. The van der Waals surface area contributed by atoms with Gasteiger partial charge in [-0.05, 0) is 47.7 Å². The topological polar surface area (TPSA) is 138 Å². The fourth-order valence-electron chi connectivity index (χ4n) is 5.94. The normalized spacial score (nSPS) is 17.0. The number of methoxy groups -OCH3 is 1. The number of H-pyrrole nitrogens is 1. The van der Waals surface area contributed by atoms with Crippen LogP contribution in [-0.4, -0.2) is 59.5 Å². The molecular formula is C36H37N5O5. The Balaban J connectivity index is 1.14. The van der Waals surface area contributed by atoms with E-state index in [1.807, 2.05) is 84.9 Å². The van der Waals surface area contributed by atoms with Crippen LogP contribution in [0.15, 0.2) is 103 Å². The molecule has 4 aromatic carbocycles. The Kier molecular flexibility index (Phi) is 9.56. The number of phenols is 1. The van der Waals surface area contributed by atoms with E-state index in [1.54, 1.807) is 18.2 Å². The number of aromatic nitrogens is 2. The summed E-state index contributed by atoms with van der Waals surface area (Å²) < 4.78 is 11.1. The van der Waals surface area contributed by atoms with Crippen LogP contribution in [0, 0.1) is 0 Å². The maximum atomic E-state index is 14.0. The number of aromatic amines is 1. The van der Waals surface area contributed by atoms with Gasteiger partial charge < -0.3 is 35.5 Å². The van der Waals surface area contributed by atoms with Gasteiger partial charge in [-0.1, -0.05) is 78.9 Å². The summed E-state index contributed by atoms with van der Waals surface area (Å²) in [5.74, 6) is 0.148. The van der Waals surface area contributed by atoms with Crippen LogP contribution in [0.1, 0.15) is 40.9 Å². The van der Waals surface area contributed by atoms with Crippen LogP contribution in [-0.2, 0) is 20.7 Å². The smallest absolute Gasteiger partial charge is 0.407 e. The lowest BCUT2D eigenvalue weighted by molar-refractivity contribution is -0.118. The Morgan fingerprint density at radius 1 is 0.978 bits per heavy atom. The number of rotatable bonds is 10. The minimum atomic E-state index is -0.949. The Bertz CT molecular complexity index is 1730. The molecule has 6 rings (SSSR count). The van der Waals surface area contributed by atoms with E-state index in [2.05, 4.69) is 25.9 Å². The van der Waals surface area contributed by atoms with Crippen molar-refractivity contribution < 1.29 is 24.2 Å². The van der Waals surface area contributed by atoms with Crippen LogP contribution in [0.25, 0.3) is 11.0 Å². The first-order valence-electron chi connectivity index (χ1n) is 15.3. The van der Waals surface area contributed by atoms with Gasteiger partial charge in [0.05, 0.1) is 36.9 Å². The first-order chi connectivity index (χ1) is 22.5. The Morgan fingerprint density at radius 2 is 1.67 bits per heavy atom. The first kappa shape index (κ1) is 30.8. The summed E-state index contributed by atoms with van der Waals surface area (Å²) in [6.07, 6.45) is 0.697. The van der Waals surface area contributed by atoms with Crippen molar-refractivity contribution >= 4 is 28.7 Å². The van der Waals surface area contributed by atoms with Crippen molar-refractivity contribution in [1.82, 2.24) is 20.6 Å². The number of phenolic OH excluding ortho intramolecular Hbond substituents is 1. The molecule has 46 heavy (non-hydrogen) atoms. The predicted octanol–water partition coefficient (Wildman–Crippen LogP) is 5.43. The van der Waals surface area contributed by atoms with Crippen LogP contribution in [0.3, 0.4) is 0 Å². The number of alkyl carbamates (subject to hydrolysis) is 1. The molecule has 1 aliphatic heterocycles. The van der Waals surface area contributed by atoms with E-state index in [0.717, 1.165) is 40.0 Å². The number of aryl methyl sites for hydroxylation is 1. The average Bonchev–Trinajstić information content (AvgIpc) is 3.52. The van der Waals surface area contributed by atoms with Gasteiger partial charge in [0.15, 0.2) is 0 Å². The van der Waals surface area contributed by atoms with Gasteiger partial charge in [-0.15, -0.1) is 0 Å². The largest absolute Gasteiger partial charge is 0.508 e. The zero-order valence-electron chi connectivity index (χ0n) is 25.5. The zero-order valence-corrected chi connectivity index (χ0v) is 25.5. The molecule has 0 aliphatic carbocycles. The van der Waals surface area contributed by atoms with Crippen molar-refractivity contribution in [1.29, 1.82) is 0 Å². The number of nitrogens with one attached hydrogen (secondary N) is 4. The third kappa shape index (κ3) is 7.20. The standard InChI is InChI=1S/C36H37N5O5/c1-45-36(44)41-33(32(24-11-4-2-5-12-24)25-13-6-3-7-14-25)35(43)40-28-15-9-8-10-23(28)16-18-27-21-37-31(22-46-27)34-38-29-19-17-26(42)20-30(29)39-34/h2-15,17,19-20,27,31-33,37,42H,16,18,21-22H2,1H3,(H,38,39)(H,40,43)(H,41,44)/t27-,31+,33?/m1/s1. The van der Waals surface area contributed by atoms with E-state index < -0.39 is 18.1 Å². The third-order valence-corrected chi connectivity index (χ3v) is 8.31. The monoisotopic (exact) mass is 619 g/mol. The van der Waals surface area contributed by atoms with Crippen molar-refractivity contribution in [2.24, 2.45) is 0 Å². The van der Waals surface area contributed by atoms with E-state index in [1.165, 1.54) is 7.11 Å². The number of fused-ring (bicyclic) bond motifs is 1. The Morgan fingerprint density at radius 3 is 2.35 bits per heavy atom. The van der Waals surface area contributed by atoms with Crippen molar-refractivity contribution in [3.63, 3.8) is 0 Å². The number of nitrogens with zero attached hydrogens (tertiary/aromatic N) is 1. The minimum Gasteiger partial charge on any atom is -0.508 e. The number of morpholine rings is 1. The van der Waals surface area contributed by atoms with Gasteiger partial charge in [0, 0.05) is 24.2 Å². The lowest BCUT2D eigenvalue weighted by Gasteiger charge is -2.30. The molecule has 0 bridgehead atoms. The predicted molar refractivity (Wildman–Crippen MR) is 176 cm³/mol. The van der Waals surface area contributed by atoms with Crippen molar-refractivity contribution in [3.8, 4) is 5.75 Å². The second-order valence-electron chi connectivity index (χ2n) is 11.3. The van der Waals surface area contributed by atoms with Gasteiger partial charge in [-0.3, -0.25) is 4.79 Å². The summed E-state index contributed by atoms with van der Waals surface area (Å²) in [7, 11) is 1.28. The highest BCUT2D eigenvalue weighted by molar-refractivity contribution is 5.98. The summed E-state index contributed by atoms with van der Waals surface area (Å²) in [6, 6.07) is 31.0. The molecule has 236 valence electrons. The number of benzene rings is 4. The fourth-order valence-corrected chi connectivity index (χ4v) is 5.94. The average molecular weight is 620 g/mol. The molecule has 1 unspecified atom stereocenters. The van der Waals surface area contributed by atoms with Gasteiger partial charge >= 0.3 is 6.09 Å². The number of imidazole rings is 1. The second kappa shape index (κ2) is 14.3. The highest BCUT2D eigenvalue weighted by Gasteiger charge is 2.33. The van der Waals surface area contributed by atoms with E-state index in [4.69, 9.17) is 9.47 Å². The van der Waals surface area contributed by atoms with E-state index in [9.17, 15) is 14.7 Å². The van der Waals surface area contributed by atoms with Crippen LogP contribution in [0.4, 0.5) is 10.5 Å². The van der Waals surface area contributed by atoms with Gasteiger partial charge in [-0.25, -0.2) is 9.78 Å². The first-order valence-corrected chi connectivity index (χ1v) is 15.3. The zero-order chi connectivity index (χ0) is 31.9. The van der Waals surface area contributed by atoms with Crippen molar-refractivity contribution in [2.45, 2.75) is 36.9 Å². The summed E-state index contributed by atoms with van der Waals surface area (Å²) >= 11 is 0. The molecule has 1 aromatic heterocycles. The molecule has 1 fully saturated rings. The lowest BCUT2D eigenvalue weighted by atomic mass is 9.84. The van der Waals surface area contributed by atoms with E-state index in [0.29, 0.717) is 25.3 Å². The van der Waals surface area contributed by atoms with Gasteiger partial charge in [-0.2, -0.15) is 0 Å². The molecule has 10 heteroatoms. The number of carbonyl (C=O) groups excluding carboxylic acids is 2. The molecule has 10 nitrogen and oxygen atoms in total. The number of aromatic hydroxyl groups is 1. The summed E-state index contributed by atoms with van der Waals surface area (Å²) in [4.78, 5) is 34.4.